The van der Waals surface area contributed by atoms with Crippen molar-refractivity contribution in [2.24, 2.45) is 0 Å². The second-order valence-electron chi connectivity index (χ2n) is 14.0. The molecule has 0 saturated carbocycles. The quantitative estimate of drug-likeness (QED) is 0.175. The summed E-state index contributed by atoms with van der Waals surface area (Å²) in [6.45, 7) is 4.68. The lowest BCUT2D eigenvalue weighted by atomic mass is 9.82. The molecule has 0 amide bonds. The molecule has 3 heteroatoms. The summed E-state index contributed by atoms with van der Waals surface area (Å²) in [7, 11) is 0. The van der Waals surface area contributed by atoms with Gasteiger partial charge in [-0.2, -0.15) is 0 Å². The summed E-state index contributed by atoms with van der Waals surface area (Å²) in [6.07, 6.45) is 0. The number of para-hydroxylation sites is 2. The average molecular weight is 626 g/mol. The van der Waals surface area contributed by atoms with E-state index in [2.05, 4.69) is 174 Å². The van der Waals surface area contributed by atoms with E-state index < -0.39 is 0 Å². The van der Waals surface area contributed by atoms with Gasteiger partial charge in [0, 0.05) is 32.6 Å². The van der Waals surface area contributed by atoms with E-state index in [-0.39, 0.29) is 5.41 Å². The number of pyridine rings is 1. The first-order valence-corrected chi connectivity index (χ1v) is 17.1. The molecule has 0 atom stereocenters. The highest BCUT2D eigenvalue weighted by Gasteiger charge is 2.35. The molecule has 11 rings (SSSR count). The van der Waals surface area contributed by atoms with Crippen LogP contribution >= 0.6 is 0 Å². The summed E-state index contributed by atoms with van der Waals surface area (Å²) in [5, 5.41) is 6.07. The van der Waals surface area contributed by atoms with Crippen molar-refractivity contribution in [2.75, 3.05) is 0 Å². The van der Waals surface area contributed by atoms with Crippen LogP contribution in [0.15, 0.2) is 152 Å². The van der Waals surface area contributed by atoms with E-state index >= 15 is 0 Å². The summed E-state index contributed by atoms with van der Waals surface area (Å²) in [6, 6.07) is 55.6. The van der Waals surface area contributed by atoms with Gasteiger partial charge in [0.15, 0.2) is 0 Å². The first-order valence-electron chi connectivity index (χ1n) is 17.1. The van der Waals surface area contributed by atoms with Crippen LogP contribution in [-0.4, -0.2) is 14.0 Å². The van der Waals surface area contributed by atoms with Crippen LogP contribution in [0.4, 0.5) is 0 Å². The van der Waals surface area contributed by atoms with Crippen molar-refractivity contribution in [1.29, 1.82) is 0 Å². The number of hydrogen-bond donors (Lipinski definition) is 0. The molecule has 0 bridgehead atoms. The van der Waals surface area contributed by atoms with E-state index in [0.29, 0.717) is 0 Å². The van der Waals surface area contributed by atoms with E-state index in [9.17, 15) is 0 Å². The number of fused-ring (bicyclic) bond motifs is 15. The molecule has 0 aliphatic heterocycles. The third-order valence-electron chi connectivity index (χ3n) is 11.1. The lowest BCUT2D eigenvalue weighted by Crippen LogP contribution is -2.14. The van der Waals surface area contributed by atoms with Gasteiger partial charge in [-0.25, -0.2) is 4.98 Å². The van der Waals surface area contributed by atoms with Crippen LogP contribution in [0.2, 0.25) is 0 Å². The fourth-order valence-electron chi connectivity index (χ4n) is 8.82. The maximum Gasteiger partial charge on any atom is 0.146 e. The van der Waals surface area contributed by atoms with Gasteiger partial charge < -0.3 is 4.57 Å². The molecule has 0 fully saturated rings. The fraction of sp³-hybridized carbons (Fsp3) is 0.0652. The first-order chi connectivity index (χ1) is 24.1. The molecule has 230 valence electrons. The summed E-state index contributed by atoms with van der Waals surface area (Å²) in [5.74, 6) is 0. The van der Waals surface area contributed by atoms with Gasteiger partial charge >= 0.3 is 0 Å². The maximum absolute atomic E-state index is 5.50. The Morgan fingerprint density at radius 1 is 0.469 bits per heavy atom. The molecule has 10 aromatic rings. The number of nitrogens with zero attached hydrogens (tertiary/aromatic N) is 3. The molecule has 7 aromatic carbocycles. The van der Waals surface area contributed by atoms with Crippen LogP contribution in [0.25, 0.3) is 88.1 Å². The van der Waals surface area contributed by atoms with Crippen LogP contribution < -0.4 is 0 Å². The van der Waals surface area contributed by atoms with Crippen LogP contribution in [0.1, 0.15) is 25.0 Å². The second-order valence-corrected chi connectivity index (χ2v) is 14.0. The summed E-state index contributed by atoms with van der Waals surface area (Å²) in [5.41, 5.74) is 15.6. The molecule has 49 heavy (non-hydrogen) atoms. The summed E-state index contributed by atoms with van der Waals surface area (Å²) in [4.78, 5) is 5.50. The number of rotatable bonds is 2. The topological polar surface area (TPSA) is 22.2 Å². The molecule has 3 nitrogen and oxygen atoms in total. The van der Waals surface area contributed by atoms with Crippen LogP contribution in [0.3, 0.4) is 0 Å². The van der Waals surface area contributed by atoms with E-state index in [1.165, 1.54) is 66.0 Å². The van der Waals surface area contributed by atoms with Crippen molar-refractivity contribution in [2.45, 2.75) is 19.3 Å². The molecule has 0 spiro atoms. The number of benzene rings is 7. The SMILES string of the molecule is CC1(C)c2ccccc2-c2cc(-c3cccc(-n4c5ccccc5c5ccc6c(nc7c8ccccc8c8ccccc8n67)c54)c3)ccc21. The zero-order chi connectivity index (χ0) is 32.4. The lowest BCUT2D eigenvalue weighted by molar-refractivity contribution is 0.660. The van der Waals surface area contributed by atoms with Gasteiger partial charge in [-0.05, 0) is 81.2 Å². The van der Waals surface area contributed by atoms with Gasteiger partial charge in [0.1, 0.15) is 11.2 Å². The summed E-state index contributed by atoms with van der Waals surface area (Å²) >= 11 is 0. The molecule has 0 radical (unpaired) electrons. The van der Waals surface area contributed by atoms with Crippen molar-refractivity contribution in [3.63, 3.8) is 0 Å². The predicted molar refractivity (Wildman–Crippen MR) is 205 cm³/mol. The van der Waals surface area contributed by atoms with E-state index in [1.54, 1.807) is 0 Å². The van der Waals surface area contributed by atoms with Gasteiger partial charge in [0.05, 0.1) is 22.1 Å². The number of hydrogen-bond acceptors (Lipinski definition) is 1. The van der Waals surface area contributed by atoms with Crippen molar-refractivity contribution >= 4 is 60.2 Å². The Labute approximate surface area is 283 Å². The first kappa shape index (κ1) is 26.8. The maximum atomic E-state index is 5.50. The van der Waals surface area contributed by atoms with Gasteiger partial charge in [0.25, 0.3) is 0 Å². The Kier molecular flexibility index (Phi) is 5.18. The standard InChI is InChI=1S/C46H31N3/c1-46(2)38-19-8-5-15-32(38)37-27-29(22-24-39(37)46)28-12-11-13-30(26-28)48-40-20-9-7-17-34(40)35-23-25-42-43(44(35)48)47-45-36-18-4-3-14-31(36)33-16-6-10-21-41(33)49(42)45/h3-27H,1-2H3. The van der Waals surface area contributed by atoms with Gasteiger partial charge in [-0.3, -0.25) is 4.40 Å². The molecule has 0 saturated heterocycles. The molecular formula is C46H31N3. The third kappa shape index (κ3) is 3.49. The molecule has 0 N–H and O–H groups in total. The summed E-state index contributed by atoms with van der Waals surface area (Å²) < 4.78 is 4.79. The Morgan fingerprint density at radius 3 is 2.00 bits per heavy atom. The van der Waals surface area contributed by atoms with Gasteiger partial charge in [0.2, 0.25) is 0 Å². The van der Waals surface area contributed by atoms with Gasteiger partial charge in [-0.15, -0.1) is 0 Å². The third-order valence-corrected chi connectivity index (χ3v) is 11.1. The molecule has 3 heterocycles. The fourth-order valence-corrected chi connectivity index (χ4v) is 8.82. The van der Waals surface area contributed by atoms with E-state index in [0.717, 1.165) is 33.3 Å². The minimum Gasteiger partial charge on any atom is -0.307 e. The second kappa shape index (κ2) is 9.46. The van der Waals surface area contributed by atoms with Crippen LogP contribution in [0, 0.1) is 0 Å². The Morgan fingerprint density at radius 2 is 1.14 bits per heavy atom. The van der Waals surface area contributed by atoms with Crippen molar-refractivity contribution < 1.29 is 0 Å². The van der Waals surface area contributed by atoms with Crippen molar-refractivity contribution in [1.82, 2.24) is 14.0 Å². The lowest BCUT2D eigenvalue weighted by Gasteiger charge is -2.21. The van der Waals surface area contributed by atoms with E-state index in [1.807, 2.05) is 0 Å². The Bertz CT molecular complexity index is 3030. The Hall–Kier alpha value is -6.19. The predicted octanol–water partition coefficient (Wildman–Crippen LogP) is 11.9. The molecule has 3 aromatic heterocycles. The minimum atomic E-state index is -0.00854. The van der Waals surface area contributed by atoms with Crippen molar-refractivity contribution in [3.05, 3.63) is 163 Å². The Balaban J connectivity index is 1.20. The molecular weight excluding hydrogens is 595 g/mol. The molecule has 1 aliphatic rings. The van der Waals surface area contributed by atoms with Crippen molar-refractivity contribution in [3.8, 4) is 27.9 Å². The number of aromatic nitrogens is 3. The number of imidazole rings is 1. The monoisotopic (exact) mass is 625 g/mol. The average Bonchev–Trinajstić information content (AvgIpc) is 3.78. The molecule has 1 aliphatic carbocycles. The zero-order valence-electron chi connectivity index (χ0n) is 27.3. The highest BCUT2D eigenvalue weighted by Crippen LogP contribution is 2.49. The largest absolute Gasteiger partial charge is 0.307 e. The molecule has 0 unspecified atom stereocenters. The van der Waals surface area contributed by atoms with Crippen LogP contribution in [-0.2, 0) is 5.41 Å². The van der Waals surface area contributed by atoms with Gasteiger partial charge in [-0.1, -0.05) is 123 Å². The minimum absolute atomic E-state index is 0.00854. The highest BCUT2D eigenvalue weighted by atomic mass is 15.1. The highest BCUT2D eigenvalue weighted by molar-refractivity contribution is 6.20. The zero-order valence-corrected chi connectivity index (χ0v) is 27.3. The van der Waals surface area contributed by atoms with Crippen LogP contribution in [0.5, 0.6) is 0 Å². The normalized spacial score (nSPS) is 13.7. The smallest absolute Gasteiger partial charge is 0.146 e. The van der Waals surface area contributed by atoms with E-state index in [4.69, 9.17) is 4.98 Å².